The minimum atomic E-state index is 0.431. The summed E-state index contributed by atoms with van der Waals surface area (Å²) in [5.74, 6) is 0. The predicted octanol–water partition coefficient (Wildman–Crippen LogP) is 3.99. The third-order valence-electron chi connectivity index (χ3n) is 5.47. The Labute approximate surface area is 122 Å². The molecule has 3 rings (SSSR count). The van der Waals surface area contributed by atoms with Crippen LogP contribution in [0.2, 0.25) is 0 Å². The topological polar surface area (TPSA) is 21.3 Å². The van der Waals surface area contributed by atoms with Gasteiger partial charge in [0.2, 0.25) is 0 Å². The highest BCUT2D eigenvalue weighted by Gasteiger charge is 2.58. The van der Waals surface area contributed by atoms with Crippen molar-refractivity contribution in [2.45, 2.75) is 64.6 Å². The summed E-state index contributed by atoms with van der Waals surface area (Å²) in [5, 5.41) is 3.85. The lowest BCUT2D eigenvalue weighted by molar-refractivity contribution is -0.174. The maximum absolute atomic E-state index is 5.93. The zero-order chi connectivity index (χ0) is 14.2. The third kappa shape index (κ3) is 2.29. The summed E-state index contributed by atoms with van der Waals surface area (Å²) < 4.78 is 5.93. The van der Waals surface area contributed by atoms with E-state index in [1.54, 1.807) is 0 Å². The third-order valence-corrected chi connectivity index (χ3v) is 5.47. The molecule has 3 unspecified atom stereocenters. The molecule has 2 nitrogen and oxygen atoms in total. The lowest BCUT2D eigenvalue weighted by Crippen LogP contribution is -2.67. The molecule has 1 aromatic carbocycles. The largest absolute Gasteiger partial charge is 0.378 e. The molecule has 3 atom stereocenters. The van der Waals surface area contributed by atoms with Gasteiger partial charge in [0.25, 0.3) is 0 Å². The minimum Gasteiger partial charge on any atom is -0.378 e. The van der Waals surface area contributed by atoms with E-state index in [4.69, 9.17) is 4.74 Å². The van der Waals surface area contributed by atoms with E-state index < -0.39 is 0 Å². The maximum Gasteiger partial charge on any atom is 0.0661 e. The van der Waals surface area contributed by atoms with Gasteiger partial charge in [0.1, 0.15) is 0 Å². The summed E-state index contributed by atoms with van der Waals surface area (Å²) in [7, 11) is 0. The fraction of sp³-hybridized carbons (Fsp3) is 0.667. The predicted molar refractivity (Wildman–Crippen MR) is 82.8 cm³/mol. The molecule has 0 heterocycles. The Kier molecular flexibility index (Phi) is 3.87. The smallest absolute Gasteiger partial charge is 0.0661 e. The first-order chi connectivity index (χ1) is 9.65. The van der Waals surface area contributed by atoms with Crippen LogP contribution in [0.3, 0.4) is 0 Å². The first-order valence-electron chi connectivity index (χ1n) is 8.10. The average Bonchev–Trinajstić information content (AvgIpc) is 2.36. The molecule has 1 spiro atoms. The number of aryl methyl sites for hydroxylation is 1. The molecule has 0 aromatic heterocycles. The molecule has 2 heteroatoms. The lowest BCUT2D eigenvalue weighted by atomic mass is 9.51. The molecule has 0 bridgehead atoms. The molecule has 2 saturated carbocycles. The summed E-state index contributed by atoms with van der Waals surface area (Å²) >= 11 is 0. The first kappa shape index (κ1) is 14.1. The van der Waals surface area contributed by atoms with E-state index in [0.717, 1.165) is 6.61 Å². The second-order valence-corrected chi connectivity index (χ2v) is 6.62. The number of hydrogen-bond acceptors (Lipinski definition) is 2. The van der Waals surface area contributed by atoms with Crippen LogP contribution >= 0.6 is 0 Å². The lowest BCUT2D eigenvalue weighted by Gasteiger charge is -2.61. The van der Waals surface area contributed by atoms with E-state index in [1.807, 2.05) is 0 Å². The van der Waals surface area contributed by atoms with Crippen LogP contribution in [0.5, 0.6) is 0 Å². The Morgan fingerprint density at radius 2 is 2.00 bits per heavy atom. The molecule has 1 aromatic rings. The second-order valence-electron chi connectivity index (χ2n) is 6.62. The van der Waals surface area contributed by atoms with Gasteiger partial charge in [-0.3, -0.25) is 0 Å². The van der Waals surface area contributed by atoms with Gasteiger partial charge in [-0.25, -0.2) is 0 Å². The quantitative estimate of drug-likeness (QED) is 0.875. The molecule has 0 radical (unpaired) electrons. The van der Waals surface area contributed by atoms with Gasteiger partial charge in [0.05, 0.1) is 6.10 Å². The summed E-state index contributed by atoms with van der Waals surface area (Å²) in [6.45, 7) is 7.39. The van der Waals surface area contributed by atoms with Crippen molar-refractivity contribution in [2.24, 2.45) is 5.41 Å². The van der Waals surface area contributed by atoms with Crippen molar-refractivity contribution in [1.29, 1.82) is 0 Å². The van der Waals surface area contributed by atoms with Gasteiger partial charge in [0, 0.05) is 24.1 Å². The fourth-order valence-electron chi connectivity index (χ4n) is 3.93. The van der Waals surface area contributed by atoms with Gasteiger partial charge in [0.15, 0.2) is 0 Å². The minimum absolute atomic E-state index is 0.431. The van der Waals surface area contributed by atoms with Crippen molar-refractivity contribution in [3.05, 3.63) is 35.4 Å². The van der Waals surface area contributed by atoms with Gasteiger partial charge < -0.3 is 10.1 Å². The Balaban J connectivity index is 1.62. The zero-order valence-corrected chi connectivity index (χ0v) is 13.0. The monoisotopic (exact) mass is 273 g/mol. The summed E-state index contributed by atoms with van der Waals surface area (Å²) in [5.41, 5.74) is 3.18. The summed E-state index contributed by atoms with van der Waals surface area (Å²) in [6, 6.07) is 9.98. The van der Waals surface area contributed by atoms with Crippen molar-refractivity contribution < 1.29 is 4.74 Å². The molecule has 0 saturated heterocycles. The highest BCUT2D eigenvalue weighted by atomic mass is 16.5. The standard InChI is InChI=1S/C18H27NO/c1-4-20-17-12-16(18(17)10-5-11-18)19-14(3)15-8-6-13(2)7-9-15/h6-9,14,16-17,19H,4-5,10-12H2,1-3H3. The molecular formula is C18H27NO. The van der Waals surface area contributed by atoms with Crippen LogP contribution in [0.1, 0.15) is 56.7 Å². The van der Waals surface area contributed by atoms with Crippen molar-refractivity contribution >= 4 is 0 Å². The Hall–Kier alpha value is -0.860. The van der Waals surface area contributed by atoms with Gasteiger partial charge >= 0.3 is 0 Å². The SMILES string of the molecule is CCOC1CC(NC(C)c2ccc(C)cc2)C12CCC2. The van der Waals surface area contributed by atoms with E-state index in [9.17, 15) is 0 Å². The molecule has 0 amide bonds. The average molecular weight is 273 g/mol. The van der Waals surface area contributed by atoms with Crippen molar-refractivity contribution in [1.82, 2.24) is 5.32 Å². The van der Waals surface area contributed by atoms with Gasteiger partial charge in [-0.05, 0) is 45.6 Å². The van der Waals surface area contributed by atoms with Crippen LogP contribution in [0, 0.1) is 12.3 Å². The van der Waals surface area contributed by atoms with Gasteiger partial charge in [-0.2, -0.15) is 0 Å². The van der Waals surface area contributed by atoms with Crippen LogP contribution in [0.15, 0.2) is 24.3 Å². The highest BCUT2D eigenvalue weighted by Crippen LogP contribution is 2.57. The van der Waals surface area contributed by atoms with Crippen LogP contribution in [-0.4, -0.2) is 18.8 Å². The van der Waals surface area contributed by atoms with Crippen molar-refractivity contribution in [3.63, 3.8) is 0 Å². The Morgan fingerprint density at radius 1 is 1.30 bits per heavy atom. The van der Waals surface area contributed by atoms with Crippen LogP contribution in [-0.2, 0) is 4.74 Å². The second kappa shape index (κ2) is 5.50. The van der Waals surface area contributed by atoms with Crippen LogP contribution in [0.25, 0.3) is 0 Å². The summed E-state index contributed by atoms with van der Waals surface area (Å²) in [6.07, 6.45) is 5.75. The van der Waals surface area contributed by atoms with E-state index in [2.05, 4.69) is 50.4 Å². The molecule has 1 N–H and O–H groups in total. The summed E-state index contributed by atoms with van der Waals surface area (Å²) in [4.78, 5) is 0. The Morgan fingerprint density at radius 3 is 2.55 bits per heavy atom. The van der Waals surface area contributed by atoms with Gasteiger partial charge in [-0.1, -0.05) is 36.2 Å². The number of ether oxygens (including phenoxy) is 1. The van der Waals surface area contributed by atoms with Crippen molar-refractivity contribution in [2.75, 3.05) is 6.61 Å². The first-order valence-corrected chi connectivity index (χ1v) is 8.10. The highest BCUT2D eigenvalue weighted by molar-refractivity contribution is 5.24. The fourth-order valence-corrected chi connectivity index (χ4v) is 3.93. The molecular weight excluding hydrogens is 246 g/mol. The number of hydrogen-bond donors (Lipinski definition) is 1. The Bertz CT molecular complexity index is 449. The van der Waals surface area contributed by atoms with Crippen LogP contribution in [0.4, 0.5) is 0 Å². The molecule has 20 heavy (non-hydrogen) atoms. The van der Waals surface area contributed by atoms with E-state index in [-0.39, 0.29) is 0 Å². The number of benzene rings is 1. The van der Waals surface area contributed by atoms with E-state index in [1.165, 1.54) is 36.8 Å². The normalized spacial score (nSPS) is 28.8. The van der Waals surface area contributed by atoms with E-state index in [0.29, 0.717) is 23.6 Å². The van der Waals surface area contributed by atoms with Crippen molar-refractivity contribution in [3.8, 4) is 0 Å². The van der Waals surface area contributed by atoms with E-state index >= 15 is 0 Å². The van der Waals surface area contributed by atoms with Gasteiger partial charge in [-0.15, -0.1) is 0 Å². The molecule has 0 aliphatic heterocycles. The molecule has 110 valence electrons. The molecule has 2 fully saturated rings. The molecule has 2 aliphatic rings. The number of rotatable bonds is 5. The molecule has 2 aliphatic carbocycles. The maximum atomic E-state index is 5.93. The zero-order valence-electron chi connectivity index (χ0n) is 13.0. The number of nitrogens with one attached hydrogen (secondary N) is 1. The van der Waals surface area contributed by atoms with Crippen LogP contribution < -0.4 is 5.32 Å².